The molecule has 0 spiro atoms. The molecule has 6 heteroatoms. The van der Waals surface area contributed by atoms with Crippen molar-refractivity contribution < 1.29 is 9.53 Å². The Labute approximate surface area is 131 Å². The van der Waals surface area contributed by atoms with Crippen LogP contribution in [0.25, 0.3) is 0 Å². The topological polar surface area (TPSA) is 58.6 Å². The van der Waals surface area contributed by atoms with Gasteiger partial charge < -0.3 is 14.5 Å². The number of anilines is 1. The number of amides is 1. The number of hydrogen-bond acceptors (Lipinski definition) is 5. The highest BCUT2D eigenvalue weighted by Crippen LogP contribution is 2.24. The van der Waals surface area contributed by atoms with Crippen molar-refractivity contribution in [2.75, 3.05) is 45.3 Å². The molecule has 1 saturated heterocycles. The Morgan fingerprint density at radius 2 is 2.05 bits per heavy atom. The fourth-order valence-corrected chi connectivity index (χ4v) is 3.28. The van der Waals surface area contributed by atoms with E-state index < -0.39 is 0 Å². The molecule has 2 aliphatic rings. The molecule has 6 nitrogen and oxygen atoms in total. The van der Waals surface area contributed by atoms with Crippen LogP contribution < -0.4 is 4.90 Å². The van der Waals surface area contributed by atoms with Gasteiger partial charge in [0.25, 0.3) is 0 Å². The second-order valence-corrected chi connectivity index (χ2v) is 6.30. The molecule has 1 aromatic heterocycles. The molecule has 0 bridgehead atoms. The molecule has 1 aromatic rings. The van der Waals surface area contributed by atoms with Crippen LogP contribution in [0.2, 0.25) is 0 Å². The van der Waals surface area contributed by atoms with Crippen LogP contribution in [-0.2, 0) is 22.4 Å². The van der Waals surface area contributed by atoms with Crippen LogP contribution in [0.3, 0.4) is 0 Å². The summed E-state index contributed by atoms with van der Waals surface area (Å²) in [7, 11) is 4.01. The number of aryl methyl sites for hydroxylation is 1. The van der Waals surface area contributed by atoms with Crippen LogP contribution in [0.5, 0.6) is 0 Å². The first-order valence-electron chi connectivity index (χ1n) is 7.96. The van der Waals surface area contributed by atoms with Crippen LogP contribution in [0.4, 0.5) is 5.82 Å². The summed E-state index contributed by atoms with van der Waals surface area (Å²) in [5.74, 6) is 2.07. The van der Waals surface area contributed by atoms with Gasteiger partial charge in [-0.05, 0) is 19.8 Å². The highest BCUT2D eigenvalue weighted by molar-refractivity contribution is 5.79. The molecule has 1 atom stereocenters. The summed E-state index contributed by atoms with van der Waals surface area (Å²) in [6, 6.07) is 0. The predicted molar refractivity (Wildman–Crippen MR) is 84.0 cm³/mol. The van der Waals surface area contributed by atoms with Crippen molar-refractivity contribution in [2.24, 2.45) is 5.92 Å². The van der Waals surface area contributed by atoms with Crippen molar-refractivity contribution in [1.82, 2.24) is 14.9 Å². The van der Waals surface area contributed by atoms with E-state index in [1.54, 1.807) is 0 Å². The van der Waals surface area contributed by atoms with Crippen LogP contribution >= 0.6 is 0 Å². The van der Waals surface area contributed by atoms with Gasteiger partial charge in [0.05, 0.1) is 18.2 Å². The van der Waals surface area contributed by atoms with E-state index in [1.165, 1.54) is 5.56 Å². The smallest absolute Gasteiger partial charge is 0.228 e. The monoisotopic (exact) mass is 304 g/mol. The molecule has 0 aliphatic carbocycles. The van der Waals surface area contributed by atoms with E-state index in [2.05, 4.69) is 9.97 Å². The zero-order valence-corrected chi connectivity index (χ0v) is 13.6. The Kier molecular flexibility index (Phi) is 4.29. The van der Waals surface area contributed by atoms with Crippen molar-refractivity contribution >= 4 is 11.7 Å². The van der Waals surface area contributed by atoms with Gasteiger partial charge in [-0.3, -0.25) is 4.79 Å². The molecule has 1 fully saturated rings. The minimum Gasteiger partial charge on any atom is -0.381 e. The number of rotatable bonds is 2. The average molecular weight is 304 g/mol. The number of ether oxygens (including phenoxy) is 1. The van der Waals surface area contributed by atoms with Crippen LogP contribution in [-0.4, -0.2) is 61.2 Å². The molecule has 3 heterocycles. The van der Waals surface area contributed by atoms with Crippen molar-refractivity contribution in [2.45, 2.75) is 26.2 Å². The molecule has 0 N–H and O–H groups in total. The van der Waals surface area contributed by atoms with Gasteiger partial charge >= 0.3 is 0 Å². The quantitative estimate of drug-likeness (QED) is 0.809. The van der Waals surface area contributed by atoms with E-state index in [9.17, 15) is 4.79 Å². The molecule has 22 heavy (non-hydrogen) atoms. The van der Waals surface area contributed by atoms with E-state index >= 15 is 0 Å². The third-order valence-electron chi connectivity index (χ3n) is 4.45. The lowest BCUT2D eigenvalue weighted by atomic mass is 10.1. The molecular weight excluding hydrogens is 280 g/mol. The zero-order chi connectivity index (χ0) is 15.7. The number of hydrogen-bond donors (Lipinski definition) is 0. The lowest BCUT2D eigenvalue weighted by molar-refractivity contribution is -0.135. The Bertz CT molecular complexity index is 568. The van der Waals surface area contributed by atoms with Crippen molar-refractivity contribution in [3.8, 4) is 0 Å². The zero-order valence-electron chi connectivity index (χ0n) is 13.6. The summed E-state index contributed by atoms with van der Waals surface area (Å²) in [6.07, 6.45) is 2.48. The molecule has 120 valence electrons. The molecule has 0 unspecified atom stereocenters. The van der Waals surface area contributed by atoms with E-state index in [0.717, 1.165) is 49.7 Å². The Morgan fingerprint density at radius 3 is 2.73 bits per heavy atom. The summed E-state index contributed by atoms with van der Waals surface area (Å²) in [5, 5.41) is 0. The minimum absolute atomic E-state index is 0.0438. The van der Waals surface area contributed by atoms with E-state index in [4.69, 9.17) is 4.74 Å². The Morgan fingerprint density at radius 1 is 1.27 bits per heavy atom. The Balaban J connectivity index is 1.80. The molecule has 0 saturated carbocycles. The van der Waals surface area contributed by atoms with Gasteiger partial charge in [-0.2, -0.15) is 0 Å². The van der Waals surface area contributed by atoms with Gasteiger partial charge in [0.2, 0.25) is 5.91 Å². The lowest BCUT2D eigenvalue weighted by Crippen LogP contribution is -2.38. The number of carbonyl (C=O) groups excluding carboxylic acids is 1. The first-order valence-corrected chi connectivity index (χ1v) is 7.96. The predicted octanol–water partition coefficient (Wildman–Crippen LogP) is 0.815. The maximum atomic E-state index is 12.6. The van der Waals surface area contributed by atoms with Gasteiger partial charge in [0.1, 0.15) is 11.6 Å². The van der Waals surface area contributed by atoms with Gasteiger partial charge in [-0.1, -0.05) is 0 Å². The van der Waals surface area contributed by atoms with Gasteiger partial charge in [-0.15, -0.1) is 0 Å². The molecule has 1 amide bonds. The SMILES string of the molecule is Cc1nc2c(c(N(C)C)n1)CCN(C(=O)[C@H]1CCOC1)CC2. The summed E-state index contributed by atoms with van der Waals surface area (Å²) in [6.45, 7) is 4.70. The second-order valence-electron chi connectivity index (χ2n) is 6.30. The van der Waals surface area contributed by atoms with Gasteiger partial charge in [0.15, 0.2) is 0 Å². The molecule has 2 aliphatic heterocycles. The standard InChI is InChI=1S/C16H24N4O2/c1-11-17-14-5-8-20(16(21)12-6-9-22-10-12)7-4-13(14)15(18-11)19(2)3/h12H,4-10H2,1-3H3/t12-/m0/s1. The maximum Gasteiger partial charge on any atom is 0.228 e. The van der Waals surface area contributed by atoms with Gasteiger partial charge in [-0.25, -0.2) is 9.97 Å². The second kappa shape index (κ2) is 6.20. The van der Waals surface area contributed by atoms with E-state index in [-0.39, 0.29) is 11.8 Å². The summed E-state index contributed by atoms with van der Waals surface area (Å²) in [4.78, 5) is 25.8. The first-order chi connectivity index (χ1) is 10.6. The van der Waals surface area contributed by atoms with Crippen LogP contribution in [0, 0.1) is 12.8 Å². The fourth-order valence-electron chi connectivity index (χ4n) is 3.28. The number of carbonyl (C=O) groups is 1. The van der Waals surface area contributed by atoms with E-state index in [1.807, 2.05) is 30.8 Å². The fraction of sp³-hybridized carbons (Fsp3) is 0.688. The van der Waals surface area contributed by atoms with Crippen molar-refractivity contribution in [1.29, 1.82) is 0 Å². The average Bonchev–Trinajstić information content (AvgIpc) is 2.93. The number of fused-ring (bicyclic) bond motifs is 1. The highest BCUT2D eigenvalue weighted by atomic mass is 16.5. The third kappa shape index (κ3) is 2.92. The molecular formula is C16H24N4O2. The molecule has 3 rings (SSSR count). The third-order valence-corrected chi connectivity index (χ3v) is 4.45. The minimum atomic E-state index is 0.0438. The molecule has 0 radical (unpaired) electrons. The van der Waals surface area contributed by atoms with Gasteiger partial charge in [0, 0.05) is 45.8 Å². The summed E-state index contributed by atoms with van der Waals surface area (Å²) < 4.78 is 5.35. The largest absolute Gasteiger partial charge is 0.381 e. The number of aromatic nitrogens is 2. The number of nitrogens with zero attached hydrogens (tertiary/aromatic N) is 4. The highest BCUT2D eigenvalue weighted by Gasteiger charge is 2.30. The van der Waals surface area contributed by atoms with Crippen molar-refractivity contribution in [3.63, 3.8) is 0 Å². The first kappa shape index (κ1) is 15.2. The van der Waals surface area contributed by atoms with Crippen LogP contribution in [0.15, 0.2) is 0 Å². The lowest BCUT2D eigenvalue weighted by Gasteiger charge is -2.23. The molecule has 0 aromatic carbocycles. The Hall–Kier alpha value is -1.69. The van der Waals surface area contributed by atoms with Crippen LogP contribution in [0.1, 0.15) is 23.5 Å². The maximum absolute atomic E-state index is 12.6. The van der Waals surface area contributed by atoms with E-state index in [0.29, 0.717) is 13.2 Å². The summed E-state index contributed by atoms with van der Waals surface area (Å²) >= 11 is 0. The van der Waals surface area contributed by atoms with Crippen molar-refractivity contribution in [3.05, 3.63) is 17.1 Å². The summed E-state index contributed by atoms with van der Waals surface area (Å²) in [5.41, 5.74) is 2.28. The normalized spacial score (nSPS) is 21.4.